The first kappa shape index (κ1) is 18.8. The largest absolute Gasteiger partial charge is 0.491 e. The average Bonchev–Trinajstić information content (AvgIpc) is 3.42. The second-order valence-corrected chi connectivity index (χ2v) is 8.55. The average molecular weight is 372 g/mol. The normalized spacial score (nSPS) is 23.3. The second-order valence-electron chi connectivity index (χ2n) is 8.55. The Morgan fingerprint density at radius 1 is 1.07 bits per heavy atom. The van der Waals surface area contributed by atoms with E-state index in [1.54, 1.807) is 0 Å². The fourth-order valence-electron chi connectivity index (χ4n) is 4.44. The molecule has 148 valence electrons. The molecular formula is C23H33NO3. The minimum Gasteiger partial charge on any atom is -0.491 e. The fraction of sp³-hybridized carbons (Fsp3) is 0.696. The Morgan fingerprint density at radius 3 is 2.63 bits per heavy atom. The highest BCUT2D eigenvalue weighted by molar-refractivity contribution is 5.77. The van der Waals surface area contributed by atoms with E-state index in [0.29, 0.717) is 31.0 Å². The maximum absolute atomic E-state index is 12.9. The number of rotatable bonds is 8. The number of hydrogen-bond acceptors (Lipinski definition) is 3. The number of nitrogens with zero attached hydrogens (tertiary/aromatic N) is 1. The quantitative estimate of drug-likeness (QED) is 0.664. The zero-order chi connectivity index (χ0) is 18.5. The van der Waals surface area contributed by atoms with Crippen LogP contribution < -0.4 is 4.74 Å². The molecule has 2 aliphatic carbocycles. The van der Waals surface area contributed by atoms with Crippen molar-refractivity contribution in [1.82, 2.24) is 4.90 Å². The summed E-state index contributed by atoms with van der Waals surface area (Å²) in [6.45, 7) is 2.19. The molecule has 0 radical (unpaired) electrons. The van der Waals surface area contributed by atoms with Crippen molar-refractivity contribution in [1.29, 1.82) is 0 Å². The third kappa shape index (κ3) is 5.47. The van der Waals surface area contributed by atoms with E-state index in [9.17, 15) is 4.79 Å². The zero-order valence-corrected chi connectivity index (χ0v) is 16.4. The summed E-state index contributed by atoms with van der Waals surface area (Å²) in [5.41, 5.74) is 1.17. The minimum absolute atomic E-state index is 0.221. The first-order valence-electron chi connectivity index (χ1n) is 10.9. The summed E-state index contributed by atoms with van der Waals surface area (Å²) in [6, 6.07) is 8.72. The standard InChI is InChI=1S/C23H33NO3/c25-23(15-18-6-1-2-7-18)24(20-11-12-20)16-19-8-5-10-21(14-19)27-17-22-9-3-4-13-26-22/h5,8,10,14,18,20,22H,1-4,6-7,9,11-13,15-17H2/t22-/m0/s1. The van der Waals surface area contributed by atoms with E-state index in [0.717, 1.165) is 44.5 Å². The molecule has 1 aromatic carbocycles. The van der Waals surface area contributed by atoms with E-state index in [-0.39, 0.29) is 6.10 Å². The van der Waals surface area contributed by atoms with Crippen LogP contribution in [0.1, 0.15) is 69.8 Å². The van der Waals surface area contributed by atoms with Crippen LogP contribution in [0, 0.1) is 5.92 Å². The van der Waals surface area contributed by atoms with Gasteiger partial charge in [0, 0.05) is 25.6 Å². The first-order valence-corrected chi connectivity index (χ1v) is 10.9. The van der Waals surface area contributed by atoms with Crippen molar-refractivity contribution < 1.29 is 14.3 Å². The van der Waals surface area contributed by atoms with Crippen LogP contribution in [0.25, 0.3) is 0 Å². The van der Waals surface area contributed by atoms with Crippen molar-refractivity contribution >= 4 is 5.91 Å². The Labute approximate surface area is 163 Å². The second kappa shape index (κ2) is 9.09. The molecule has 1 atom stereocenters. The molecule has 2 saturated carbocycles. The maximum atomic E-state index is 12.9. The highest BCUT2D eigenvalue weighted by Gasteiger charge is 2.33. The lowest BCUT2D eigenvalue weighted by Gasteiger charge is -2.25. The third-order valence-corrected chi connectivity index (χ3v) is 6.21. The van der Waals surface area contributed by atoms with Gasteiger partial charge in [-0.05, 0) is 68.6 Å². The fourth-order valence-corrected chi connectivity index (χ4v) is 4.44. The van der Waals surface area contributed by atoms with Gasteiger partial charge < -0.3 is 14.4 Å². The Balaban J connectivity index is 1.33. The molecule has 0 N–H and O–H groups in total. The molecule has 1 amide bonds. The molecule has 1 aromatic rings. The lowest BCUT2D eigenvalue weighted by Crippen LogP contribution is -2.33. The molecule has 3 aliphatic rings. The van der Waals surface area contributed by atoms with E-state index in [1.807, 2.05) is 12.1 Å². The van der Waals surface area contributed by atoms with Crippen molar-refractivity contribution in [3.05, 3.63) is 29.8 Å². The van der Waals surface area contributed by atoms with Crippen LogP contribution in [0.3, 0.4) is 0 Å². The number of amides is 1. The summed E-state index contributed by atoms with van der Waals surface area (Å²) in [6.07, 6.45) is 11.8. The van der Waals surface area contributed by atoms with Gasteiger partial charge in [-0.3, -0.25) is 4.79 Å². The Morgan fingerprint density at radius 2 is 1.89 bits per heavy atom. The molecule has 3 fully saturated rings. The minimum atomic E-state index is 0.221. The van der Waals surface area contributed by atoms with Gasteiger partial charge in [0.2, 0.25) is 5.91 Å². The monoisotopic (exact) mass is 371 g/mol. The summed E-state index contributed by atoms with van der Waals surface area (Å²) in [4.78, 5) is 15.0. The highest BCUT2D eigenvalue weighted by atomic mass is 16.5. The number of benzene rings is 1. The van der Waals surface area contributed by atoms with Gasteiger partial charge in [0.15, 0.2) is 0 Å². The summed E-state index contributed by atoms with van der Waals surface area (Å²) >= 11 is 0. The molecule has 0 bridgehead atoms. The predicted molar refractivity (Wildman–Crippen MR) is 106 cm³/mol. The van der Waals surface area contributed by atoms with Crippen molar-refractivity contribution in [3.8, 4) is 5.75 Å². The third-order valence-electron chi connectivity index (χ3n) is 6.21. The Bertz CT molecular complexity index is 616. The molecule has 4 rings (SSSR count). The van der Waals surface area contributed by atoms with Gasteiger partial charge in [-0.15, -0.1) is 0 Å². The first-order chi connectivity index (χ1) is 13.3. The van der Waals surface area contributed by atoms with Crippen LogP contribution in [0.2, 0.25) is 0 Å². The van der Waals surface area contributed by atoms with Gasteiger partial charge >= 0.3 is 0 Å². The van der Waals surface area contributed by atoms with Crippen LogP contribution >= 0.6 is 0 Å². The molecule has 1 saturated heterocycles. The number of carbonyl (C=O) groups is 1. The van der Waals surface area contributed by atoms with Crippen LogP contribution in [-0.4, -0.2) is 36.2 Å². The Hall–Kier alpha value is -1.55. The maximum Gasteiger partial charge on any atom is 0.223 e. The molecule has 4 nitrogen and oxygen atoms in total. The Kier molecular flexibility index (Phi) is 6.33. The highest BCUT2D eigenvalue weighted by Crippen LogP contribution is 2.33. The molecule has 0 unspecified atom stereocenters. The summed E-state index contributed by atoms with van der Waals surface area (Å²) < 4.78 is 11.7. The molecule has 1 heterocycles. The van der Waals surface area contributed by atoms with E-state index in [4.69, 9.17) is 9.47 Å². The molecule has 27 heavy (non-hydrogen) atoms. The van der Waals surface area contributed by atoms with Crippen LogP contribution in [0.4, 0.5) is 0 Å². The molecule has 0 spiro atoms. The number of hydrogen-bond donors (Lipinski definition) is 0. The molecular weight excluding hydrogens is 338 g/mol. The molecule has 1 aliphatic heterocycles. The van der Waals surface area contributed by atoms with Gasteiger partial charge in [-0.2, -0.15) is 0 Å². The SMILES string of the molecule is O=C(CC1CCCC1)N(Cc1cccc(OC[C@@H]2CCCCO2)c1)C1CC1. The summed E-state index contributed by atoms with van der Waals surface area (Å²) in [5.74, 6) is 1.86. The molecule has 0 aromatic heterocycles. The van der Waals surface area contributed by atoms with Gasteiger partial charge in [0.05, 0.1) is 6.10 Å². The van der Waals surface area contributed by atoms with Gasteiger partial charge in [-0.1, -0.05) is 25.0 Å². The van der Waals surface area contributed by atoms with Gasteiger partial charge in [-0.25, -0.2) is 0 Å². The van der Waals surface area contributed by atoms with E-state index in [2.05, 4.69) is 17.0 Å². The smallest absolute Gasteiger partial charge is 0.223 e. The van der Waals surface area contributed by atoms with Gasteiger partial charge in [0.25, 0.3) is 0 Å². The van der Waals surface area contributed by atoms with Crippen LogP contribution in [0.5, 0.6) is 5.75 Å². The van der Waals surface area contributed by atoms with Crippen molar-refractivity contribution in [2.24, 2.45) is 5.92 Å². The van der Waals surface area contributed by atoms with Gasteiger partial charge in [0.1, 0.15) is 12.4 Å². The number of ether oxygens (including phenoxy) is 2. The predicted octanol–water partition coefficient (Wildman–Crippen LogP) is 4.71. The van der Waals surface area contributed by atoms with Crippen molar-refractivity contribution in [2.75, 3.05) is 13.2 Å². The van der Waals surface area contributed by atoms with Crippen LogP contribution in [0.15, 0.2) is 24.3 Å². The molecule has 4 heteroatoms. The lowest BCUT2D eigenvalue weighted by atomic mass is 10.0. The van der Waals surface area contributed by atoms with E-state index >= 15 is 0 Å². The van der Waals surface area contributed by atoms with Crippen LogP contribution in [-0.2, 0) is 16.1 Å². The summed E-state index contributed by atoms with van der Waals surface area (Å²) in [7, 11) is 0. The van der Waals surface area contributed by atoms with E-state index < -0.39 is 0 Å². The lowest BCUT2D eigenvalue weighted by molar-refractivity contribution is -0.133. The van der Waals surface area contributed by atoms with E-state index in [1.165, 1.54) is 37.7 Å². The summed E-state index contributed by atoms with van der Waals surface area (Å²) in [5, 5.41) is 0. The zero-order valence-electron chi connectivity index (χ0n) is 16.4. The van der Waals surface area contributed by atoms with Crippen molar-refractivity contribution in [2.45, 2.75) is 82.9 Å². The number of carbonyl (C=O) groups excluding carboxylic acids is 1. The van der Waals surface area contributed by atoms with Crippen molar-refractivity contribution in [3.63, 3.8) is 0 Å². The topological polar surface area (TPSA) is 38.8 Å².